The SMILES string of the molecule is N#CC(C#N)=C1N=C(c2ccccc2)OC2=C1CCCC2. The summed E-state index contributed by atoms with van der Waals surface area (Å²) in [6.45, 7) is 0. The van der Waals surface area contributed by atoms with Gasteiger partial charge < -0.3 is 4.74 Å². The molecule has 3 rings (SSSR count). The van der Waals surface area contributed by atoms with E-state index in [0.29, 0.717) is 11.6 Å². The van der Waals surface area contributed by atoms with Gasteiger partial charge in [-0.1, -0.05) is 18.2 Å². The Hall–Kier alpha value is -2.85. The second kappa shape index (κ2) is 5.64. The van der Waals surface area contributed by atoms with E-state index in [0.717, 1.165) is 42.6 Å². The van der Waals surface area contributed by atoms with Crippen molar-refractivity contribution in [2.24, 2.45) is 4.99 Å². The molecule has 4 nitrogen and oxygen atoms in total. The first-order valence-electron chi connectivity index (χ1n) is 6.92. The van der Waals surface area contributed by atoms with Gasteiger partial charge in [0, 0.05) is 17.6 Å². The van der Waals surface area contributed by atoms with E-state index in [9.17, 15) is 0 Å². The molecule has 1 heterocycles. The summed E-state index contributed by atoms with van der Waals surface area (Å²) < 4.78 is 5.92. The fourth-order valence-corrected chi connectivity index (χ4v) is 2.59. The molecule has 0 atom stereocenters. The van der Waals surface area contributed by atoms with Gasteiger partial charge in [-0.2, -0.15) is 10.5 Å². The average Bonchev–Trinajstić information content (AvgIpc) is 2.56. The topological polar surface area (TPSA) is 69.2 Å². The lowest BCUT2D eigenvalue weighted by Crippen LogP contribution is -2.17. The van der Waals surface area contributed by atoms with E-state index >= 15 is 0 Å². The zero-order valence-corrected chi connectivity index (χ0v) is 11.5. The fraction of sp³-hybridized carbons (Fsp3) is 0.235. The van der Waals surface area contributed by atoms with E-state index in [-0.39, 0.29) is 5.57 Å². The number of ether oxygens (including phenoxy) is 1. The van der Waals surface area contributed by atoms with Crippen LogP contribution in [0.15, 0.2) is 57.9 Å². The maximum absolute atomic E-state index is 9.16. The molecule has 1 aliphatic heterocycles. The maximum atomic E-state index is 9.16. The van der Waals surface area contributed by atoms with Crippen molar-refractivity contribution in [2.45, 2.75) is 25.7 Å². The first kappa shape index (κ1) is 13.1. The molecule has 4 heteroatoms. The molecule has 21 heavy (non-hydrogen) atoms. The summed E-state index contributed by atoms with van der Waals surface area (Å²) in [5.74, 6) is 1.32. The Balaban J connectivity index is 2.13. The summed E-state index contributed by atoms with van der Waals surface area (Å²) in [6, 6.07) is 13.4. The minimum Gasteiger partial charge on any atom is -0.442 e. The monoisotopic (exact) mass is 275 g/mol. The predicted molar refractivity (Wildman–Crippen MR) is 77.8 cm³/mol. The van der Waals surface area contributed by atoms with Gasteiger partial charge in [0.05, 0.1) is 0 Å². The van der Waals surface area contributed by atoms with Gasteiger partial charge >= 0.3 is 0 Å². The first-order valence-corrected chi connectivity index (χ1v) is 6.92. The van der Waals surface area contributed by atoms with Crippen LogP contribution in [0.1, 0.15) is 31.2 Å². The van der Waals surface area contributed by atoms with Crippen LogP contribution in [-0.2, 0) is 4.74 Å². The van der Waals surface area contributed by atoms with Crippen molar-refractivity contribution in [3.63, 3.8) is 0 Å². The van der Waals surface area contributed by atoms with Gasteiger partial charge in [-0.25, -0.2) is 4.99 Å². The van der Waals surface area contributed by atoms with Crippen LogP contribution >= 0.6 is 0 Å². The second-order valence-electron chi connectivity index (χ2n) is 4.94. The smallest absolute Gasteiger partial charge is 0.226 e. The van der Waals surface area contributed by atoms with Crippen molar-refractivity contribution in [2.75, 3.05) is 0 Å². The van der Waals surface area contributed by atoms with Crippen molar-refractivity contribution >= 4 is 5.90 Å². The van der Waals surface area contributed by atoms with Crippen LogP contribution < -0.4 is 0 Å². The molecule has 0 radical (unpaired) electrons. The van der Waals surface area contributed by atoms with Crippen molar-refractivity contribution < 1.29 is 4.74 Å². The van der Waals surface area contributed by atoms with Crippen LogP contribution in [0, 0.1) is 22.7 Å². The van der Waals surface area contributed by atoms with Crippen LogP contribution in [-0.4, -0.2) is 5.90 Å². The summed E-state index contributed by atoms with van der Waals surface area (Å²) >= 11 is 0. The molecule has 0 unspecified atom stereocenters. The quantitative estimate of drug-likeness (QED) is 0.735. The lowest BCUT2D eigenvalue weighted by molar-refractivity contribution is 0.359. The van der Waals surface area contributed by atoms with Crippen molar-refractivity contribution in [3.8, 4) is 12.1 Å². The zero-order valence-electron chi connectivity index (χ0n) is 11.5. The fourth-order valence-electron chi connectivity index (χ4n) is 2.59. The third-order valence-electron chi connectivity index (χ3n) is 3.62. The van der Waals surface area contributed by atoms with Gasteiger partial charge in [0.15, 0.2) is 5.57 Å². The Morgan fingerprint density at radius 2 is 1.76 bits per heavy atom. The Bertz CT molecular complexity index is 726. The van der Waals surface area contributed by atoms with Crippen LogP contribution in [0.25, 0.3) is 0 Å². The molecule has 0 saturated heterocycles. The van der Waals surface area contributed by atoms with Crippen LogP contribution in [0.4, 0.5) is 0 Å². The number of rotatable bonds is 1. The molecular weight excluding hydrogens is 262 g/mol. The molecular formula is C17H13N3O. The van der Waals surface area contributed by atoms with Gasteiger partial charge in [-0.3, -0.25) is 0 Å². The van der Waals surface area contributed by atoms with Crippen LogP contribution in [0.5, 0.6) is 0 Å². The Kier molecular flexibility index (Phi) is 3.53. The number of nitriles is 2. The lowest BCUT2D eigenvalue weighted by atomic mass is 9.92. The molecule has 1 aliphatic carbocycles. The largest absolute Gasteiger partial charge is 0.442 e. The number of hydrogen-bond acceptors (Lipinski definition) is 4. The minimum absolute atomic E-state index is 0.0566. The third-order valence-corrected chi connectivity index (χ3v) is 3.62. The summed E-state index contributed by atoms with van der Waals surface area (Å²) in [5.41, 5.74) is 2.31. The van der Waals surface area contributed by atoms with Crippen molar-refractivity contribution in [1.29, 1.82) is 10.5 Å². The first-order chi connectivity index (χ1) is 10.3. The molecule has 0 bridgehead atoms. The van der Waals surface area contributed by atoms with Crippen LogP contribution in [0.3, 0.4) is 0 Å². The number of nitrogens with zero attached hydrogens (tertiary/aromatic N) is 3. The van der Waals surface area contributed by atoms with Gasteiger partial charge in [0.2, 0.25) is 5.90 Å². The number of aliphatic imine (C=N–C) groups is 1. The van der Waals surface area contributed by atoms with E-state index in [1.165, 1.54) is 0 Å². The lowest BCUT2D eigenvalue weighted by Gasteiger charge is -2.26. The molecule has 2 aliphatic rings. The Labute approximate surface area is 123 Å². The summed E-state index contributed by atoms with van der Waals surface area (Å²) in [5, 5.41) is 18.3. The highest BCUT2D eigenvalue weighted by Gasteiger charge is 2.27. The Morgan fingerprint density at radius 1 is 1.05 bits per heavy atom. The van der Waals surface area contributed by atoms with E-state index in [1.807, 2.05) is 42.5 Å². The molecule has 1 aromatic carbocycles. The molecule has 102 valence electrons. The van der Waals surface area contributed by atoms with E-state index in [1.54, 1.807) is 0 Å². The highest BCUT2D eigenvalue weighted by atomic mass is 16.5. The average molecular weight is 275 g/mol. The minimum atomic E-state index is 0.0566. The van der Waals surface area contributed by atoms with Crippen LogP contribution in [0.2, 0.25) is 0 Å². The van der Waals surface area contributed by atoms with Gasteiger partial charge in [-0.05, 0) is 31.4 Å². The second-order valence-corrected chi connectivity index (χ2v) is 4.94. The number of allylic oxidation sites excluding steroid dienone is 3. The van der Waals surface area contributed by atoms with Gasteiger partial charge in [-0.15, -0.1) is 0 Å². The van der Waals surface area contributed by atoms with E-state index < -0.39 is 0 Å². The van der Waals surface area contributed by atoms with E-state index in [2.05, 4.69) is 4.99 Å². The molecule has 0 spiro atoms. The predicted octanol–water partition coefficient (Wildman–Crippen LogP) is 3.59. The zero-order chi connectivity index (χ0) is 14.7. The highest BCUT2D eigenvalue weighted by Crippen LogP contribution is 2.36. The normalized spacial score (nSPS) is 17.0. The molecule has 0 amide bonds. The standard InChI is InChI=1S/C17H13N3O/c18-10-13(11-19)16-14-8-4-5-9-15(14)21-17(20-16)12-6-2-1-3-7-12/h1-3,6-7H,4-5,8-9H2. The third kappa shape index (κ3) is 2.44. The molecule has 0 saturated carbocycles. The van der Waals surface area contributed by atoms with Crippen molar-refractivity contribution in [3.05, 3.63) is 58.5 Å². The highest BCUT2D eigenvalue weighted by molar-refractivity contribution is 5.96. The number of benzene rings is 1. The molecule has 0 fully saturated rings. The molecule has 1 aromatic rings. The van der Waals surface area contributed by atoms with Gasteiger partial charge in [0.25, 0.3) is 0 Å². The van der Waals surface area contributed by atoms with Gasteiger partial charge in [0.1, 0.15) is 23.6 Å². The summed E-state index contributed by atoms with van der Waals surface area (Å²) in [4.78, 5) is 4.45. The summed E-state index contributed by atoms with van der Waals surface area (Å²) in [6.07, 6.45) is 3.73. The van der Waals surface area contributed by atoms with E-state index in [4.69, 9.17) is 15.3 Å². The molecule has 0 aromatic heterocycles. The summed E-state index contributed by atoms with van der Waals surface area (Å²) in [7, 11) is 0. The molecule has 0 N–H and O–H groups in total. The van der Waals surface area contributed by atoms with Crippen molar-refractivity contribution in [1.82, 2.24) is 0 Å². The maximum Gasteiger partial charge on any atom is 0.226 e. The Morgan fingerprint density at radius 3 is 2.48 bits per heavy atom. The number of hydrogen-bond donors (Lipinski definition) is 0.